The van der Waals surface area contributed by atoms with Crippen LogP contribution in [0.25, 0.3) is 0 Å². The zero-order valence-corrected chi connectivity index (χ0v) is 12.0. The van der Waals surface area contributed by atoms with E-state index in [1.807, 2.05) is 37.3 Å². The van der Waals surface area contributed by atoms with E-state index in [2.05, 4.69) is 15.1 Å². The summed E-state index contributed by atoms with van der Waals surface area (Å²) in [6.45, 7) is 3.07. The molecule has 0 unspecified atom stereocenters. The number of carboxylic acids is 1. The van der Waals surface area contributed by atoms with Crippen molar-refractivity contribution in [2.24, 2.45) is 0 Å². The third kappa shape index (κ3) is 4.59. The Morgan fingerprint density at radius 1 is 1.24 bits per heavy atom. The average Bonchev–Trinajstić information content (AvgIpc) is 2.94. The van der Waals surface area contributed by atoms with Gasteiger partial charge in [0, 0.05) is 25.1 Å². The van der Waals surface area contributed by atoms with Crippen LogP contribution in [0.3, 0.4) is 0 Å². The molecule has 0 fully saturated rings. The van der Waals surface area contributed by atoms with Crippen molar-refractivity contribution in [3.05, 3.63) is 42.1 Å². The maximum absolute atomic E-state index is 10.7. The second kappa shape index (κ2) is 7.42. The molecule has 1 heterocycles. The first-order valence-electron chi connectivity index (χ1n) is 7.02. The average molecular weight is 289 g/mol. The predicted octanol–water partition coefficient (Wildman–Crippen LogP) is 2.50. The van der Waals surface area contributed by atoms with E-state index < -0.39 is 5.97 Å². The van der Waals surface area contributed by atoms with Crippen molar-refractivity contribution in [2.45, 2.75) is 32.7 Å². The van der Waals surface area contributed by atoms with Crippen molar-refractivity contribution < 1.29 is 14.3 Å². The maximum atomic E-state index is 10.7. The van der Waals surface area contributed by atoms with Gasteiger partial charge in [-0.15, -0.1) is 10.2 Å². The Balaban J connectivity index is 2.05. The van der Waals surface area contributed by atoms with Gasteiger partial charge in [0.1, 0.15) is 0 Å². The molecule has 0 radical (unpaired) electrons. The van der Waals surface area contributed by atoms with E-state index in [0.717, 1.165) is 5.69 Å². The molecular weight excluding hydrogens is 270 g/mol. The standard InChI is InChI=1S/C15H19N3O3/c1-2-13-16-17-14(21-13)11-18(10-6-9-15(19)20)12-7-4-3-5-8-12/h3-5,7-8H,2,6,9-11H2,1H3,(H,19,20). The summed E-state index contributed by atoms with van der Waals surface area (Å²) in [5.74, 6) is 0.378. The maximum Gasteiger partial charge on any atom is 0.303 e. The lowest BCUT2D eigenvalue weighted by atomic mass is 10.2. The topological polar surface area (TPSA) is 79.5 Å². The monoisotopic (exact) mass is 289 g/mol. The SMILES string of the molecule is CCc1nnc(CN(CCCC(=O)O)c2ccccc2)o1. The van der Waals surface area contributed by atoms with Crippen molar-refractivity contribution in [2.75, 3.05) is 11.4 Å². The Hall–Kier alpha value is -2.37. The van der Waals surface area contributed by atoms with Crippen molar-refractivity contribution in [3.8, 4) is 0 Å². The number of aromatic nitrogens is 2. The highest BCUT2D eigenvalue weighted by Gasteiger charge is 2.12. The van der Waals surface area contributed by atoms with Gasteiger partial charge in [-0.05, 0) is 18.6 Å². The number of carboxylic acid groups (broad SMARTS) is 1. The van der Waals surface area contributed by atoms with Crippen LogP contribution in [-0.2, 0) is 17.8 Å². The minimum absolute atomic E-state index is 0.146. The van der Waals surface area contributed by atoms with Crippen LogP contribution in [0.5, 0.6) is 0 Å². The highest BCUT2D eigenvalue weighted by molar-refractivity contribution is 5.66. The van der Waals surface area contributed by atoms with Gasteiger partial charge in [-0.3, -0.25) is 4.79 Å². The fourth-order valence-electron chi connectivity index (χ4n) is 2.02. The van der Waals surface area contributed by atoms with Crippen LogP contribution in [0.15, 0.2) is 34.7 Å². The Bertz CT molecular complexity index is 569. The molecule has 2 aromatic rings. The third-order valence-corrected chi connectivity index (χ3v) is 3.08. The first kappa shape index (κ1) is 15.0. The van der Waals surface area contributed by atoms with Crippen molar-refractivity contribution in [1.29, 1.82) is 0 Å². The van der Waals surface area contributed by atoms with Crippen LogP contribution in [-0.4, -0.2) is 27.8 Å². The molecule has 0 aliphatic rings. The van der Waals surface area contributed by atoms with Crippen LogP contribution in [0.1, 0.15) is 31.5 Å². The quantitative estimate of drug-likeness (QED) is 0.804. The normalized spacial score (nSPS) is 10.5. The minimum Gasteiger partial charge on any atom is -0.481 e. The number of aryl methyl sites for hydroxylation is 1. The smallest absolute Gasteiger partial charge is 0.303 e. The van der Waals surface area contributed by atoms with Crippen molar-refractivity contribution in [1.82, 2.24) is 10.2 Å². The number of anilines is 1. The molecule has 0 atom stereocenters. The first-order chi connectivity index (χ1) is 10.2. The van der Waals surface area contributed by atoms with Gasteiger partial charge in [0.15, 0.2) is 0 Å². The lowest BCUT2D eigenvalue weighted by molar-refractivity contribution is -0.137. The highest BCUT2D eigenvalue weighted by Crippen LogP contribution is 2.17. The van der Waals surface area contributed by atoms with Crippen LogP contribution in [0.2, 0.25) is 0 Å². The lowest BCUT2D eigenvalue weighted by Crippen LogP contribution is -2.24. The van der Waals surface area contributed by atoms with Gasteiger partial charge in [-0.25, -0.2) is 0 Å². The molecule has 1 aromatic heterocycles. The Morgan fingerprint density at radius 2 is 1.95 bits per heavy atom. The lowest BCUT2D eigenvalue weighted by Gasteiger charge is -2.22. The van der Waals surface area contributed by atoms with Crippen molar-refractivity contribution >= 4 is 11.7 Å². The molecule has 0 spiro atoms. The fourth-order valence-corrected chi connectivity index (χ4v) is 2.02. The zero-order chi connectivity index (χ0) is 15.1. The molecule has 2 rings (SSSR count). The summed E-state index contributed by atoms with van der Waals surface area (Å²) < 4.78 is 5.53. The number of rotatable bonds is 8. The molecule has 0 amide bonds. The fraction of sp³-hybridized carbons (Fsp3) is 0.400. The second-order valence-electron chi connectivity index (χ2n) is 4.70. The molecular formula is C15H19N3O3. The molecule has 6 nitrogen and oxygen atoms in total. The van der Waals surface area contributed by atoms with E-state index in [4.69, 9.17) is 9.52 Å². The Labute approximate surface area is 123 Å². The van der Waals surface area contributed by atoms with E-state index in [1.54, 1.807) is 0 Å². The summed E-state index contributed by atoms with van der Waals surface area (Å²) in [6, 6.07) is 9.81. The number of para-hydroxylation sites is 1. The molecule has 1 aromatic carbocycles. The van der Waals surface area contributed by atoms with Crippen LogP contribution >= 0.6 is 0 Å². The van der Waals surface area contributed by atoms with Gasteiger partial charge in [-0.2, -0.15) is 0 Å². The minimum atomic E-state index is -0.783. The molecule has 6 heteroatoms. The molecule has 0 saturated heterocycles. The van der Waals surface area contributed by atoms with Gasteiger partial charge in [0.2, 0.25) is 11.8 Å². The number of benzene rings is 1. The van der Waals surface area contributed by atoms with Crippen LogP contribution in [0, 0.1) is 0 Å². The van der Waals surface area contributed by atoms with E-state index in [9.17, 15) is 4.79 Å². The summed E-state index contributed by atoms with van der Waals surface area (Å²) in [4.78, 5) is 12.7. The predicted molar refractivity (Wildman–Crippen MR) is 78.0 cm³/mol. The van der Waals surface area contributed by atoms with E-state index >= 15 is 0 Å². The van der Waals surface area contributed by atoms with Gasteiger partial charge < -0.3 is 14.4 Å². The summed E-state index contributed by atoms with van der Waals surface area (Å²) in [5.41, 5.74) is 1.01. The summed E-state index contributed by atoms with van der Waals surface area (Å²) in [5, 5.41) is 16.7. The molecule has 0 aliphatic heterocycles. The molecule has 0 bridgehead atoms. The van der Waals surface area contributed by atoms with E-state index in [0.29, 0.717) is 37.7 Å². The first-order valence-corrected chi connectivity index (χ1v) is 7.02. The Kier molecular flexibility index (Phi) is 5.31. The molecule has 1 N–H and O–H groups in total. The van der Waals surface area contributed by atoms with Gasteiger partial charge in [0.05, 0.1) is 6.54 Å². The highest BCUT2D eigenvalue weighted by atomic mass is 16.4. The zero-order valence-electron chi connectivity index (χ0n) is 12.0. The Morgan fingerprint density at radius 3 is 2.57 bits per heavy atom. The number of nitrogens with zero attached hydrogens (tertiary/aromatic N) is 3. The number of aliphatic carboxylic acids is 1. The summed E-state index contributed by atoms with van der Waals surface area (Å²) >= 11 is 0. The number of carbonyl (C=O) groups is 1. The van der Waals surface area contributed by atoms with Crippen LogP contribution < -0.4 is 4.90 Å². The largest absolute Gasteiger partial charge is 0.481 e. The molecule has 21 heavy (non-hydrogen) atoms. The van der Waals surface area contributed by atoms with Crippen molar-refractivity contribution in [3.63, 3.8) is 0 Å². The molecule has 112 valence electrons. The number of hydrogen-bond acceptors (Lipinski definition) is 5. The van der Waals surface area contributed by atoms with E-state index in [1.165, 1.54) is 0 Å². The van der Waals surface area contributed by atoms with Gasteiger partial charge in [-0.1, -0.05) is 25.1 Å². The molecule has 0 saturated carbocycles. The second-order valence-corrected chi connectivity index (χ2v) is 4.70. The van der Waals surface area contributed by atoms with Crippen LogP contribution in [0.4, 0.5) is 5.69 Å². The van der Waals surface area contributed by atoms with E-state index in [-0.39, 0.29) is 6.42 Å². The molecule has 0 aliphatic carbocycles. The summed E-state index contributed by atoms with van der Waals surface area (Å²) in [7, 11) is 0. The summed E-state index contributed by atoms with van der Waals surface area (Å²) in [6.07, 6.45) is 1.42. The van der Waals surface area contributed by atoms with Gasteiger partial charge >= 0.3 is 5.97 Å². The number of hydrogen-bond donors (Lipinski definition) is 1. The van der Waals surface area contributed by atoms with Gasteiger partial charge in [0.25, 0.3) is 0 Å². The third-order valence-electron chi connectivity index (χ3n) is 3.08.